The van der Waals surface area contributed by atoms with Gasteiger partial charge in [0.2, 0.25) is 0 Å². The van der Waals surface area contributed by atoms with Gasteiger partial charge >= 0.3 is 12.1 Å². The number of carbonyl (C=O) groups excluding carboxylic acids is 2. The zero-order chi connectivity index (χ0) is 18.1. The Morgan fingerprint density at radius 1 is 1.12 bits per heavy atom. The van der Waals surface area contributed by atoms with Gasteiger partial charge in [0.1, 0.15) is 5.60 Å². The summed E-state index contributed by atoms with van der Waals surface area (Å²) >= 11 is 0. The molecule has 1 fully saturated rings. The van der Waals surface area contributed by atoms with Crippen LogP contribution in [0.2, 0.25) is 0 Å². The van der Waals surface area contributed by atoms with E-state index < -0.39 is 5.60 Å². The molecule has 140 valence electrons. The van der Waals surface area contributed by atoms with Crippen LogP contribution in [0.1, 0.15) is 85.5 Å². The lowest BCUT2D eigenvalue weighted by Crippen LogP contribution is -2.41. The quantitative estimate of drug-likeness (QED) is 0.518. The maximum Gasteiger partial charge on any atom is 0.407 e. The summed E-state index contributed by atoms with van der Waals surface area (Å²) in [5, 5.41) is 2.91. The van der Waals surface area contributed by atoms with Gasteiger partial charge in [0.25, 0.3) is 0 Å². The van der Waals surface area contributed by atoms with E-state index in [0.717, 1.165) is 44.9 Å². The van der Waals surface area contributed by atoms with Crippen molar-refractivity contribution in [2.75, 3.05) is 13.2 Å². The van der Waals surface area contributed by atoms with Gasteiger partial charge in [0, 0.05) is 13.0 Å². The highest BCUT2D eigenvalue weighted by Crippen LogP contribution is 2.39. The molecule has 0 aliphatic heterocycles. The molecule has 1 rings (SSSR count). The fraction of sp³-hybridized carbons (Fsp3) is 0.895. The fourth-order valence-electron chi connectivity index (χ4n) is 3.16. The van der Waals surface area contributed by atoms with Crippen molar-refractivity contribution in [1.82, 2.24) is 5.32 Å². The Bertz CT molecular complexity index is 395. The van der Waals surface area contributed by atoms with Crippen LogP contribution in [0.5, 0.6) is 0 Å². The van der Waals surface area contributed by atoms with Crippen LogP contribution in [0.25, 0.3) is 0 Å². The lowest BCUT2D eigenvalue weighted by Gasteiger charge is -2.37. The summed E-state index contributed by atoms with van der Waals surface area (Å²) in [6, 6.07) is 0. The van der Waals surface area contributed by atoms with Gasteiger partial charge in [-0.3, -0.25) is 4.79 Å². The summed E-state index contributed by atoms with van der Waals surface area (Å²) in [5.74, 6) is -0.120. The fourth-order valence-corrected chi connectivity index (χ4v) is 3.16. The van der Waals surface area contributed by atoms with Gasteiger partial charge in [-0.15, -0.1) is 0 Å². The van der Waals surface area contributed by atoms with Crippen molar-refractivity contribution >= 4 is 12.1 Å². The van der Waals surface area contributed by atoms with Crippen LogP contribution in [0.3, 0.4) is 0 Å². The van der Waals surface area contributed by atoms with E-state index in [1.807, 2.05) is 20.8 Å². The van der Waals surface area contributed by atoms with Gasteiger partial charge in [-0.25, -0.2) is 4.79 Å². The normalized spacial score (nSPS) is 17.2. The smallest absolute Gasteiger partial charge is 0.407 e. The first-order chi connectivity index (χ1) is 11.3. The van der Waals surface area contributed by atoms with Crippen LogP contribution < -0.4 is 5.32 Å². The van der Waals surface area contributed by atoms with Crippen molar-refractivity contribution in [2.24, 2.45) is 5.41 Å². The van der Waals surface area contributed by atoms with Gasteiger partial charge < -0.3 is 14.8 Å². The minimum absolute atomic E-state index is 0.00106. The summed E-state index contributed by atoms with van der Waals surface area (Å²) in [7, 11) is 0. The zero-order valence-corrected chi connectivity index (χ0v) is 15.9. The first kappa shape index (κ1) is 20.8. The monoisotopic (exact) mass is 341 g/mol. The maximum atomic E-state index is 11.9. The number of unbranched alkanes of at least 4 members (excludes halogenated alkanes) is 1. The minimum Gasteiger partial charge on any atom is -0.466 e. The molecule has 0 aromatic carbocycles. The van der Waals surface area contributed by atoms with Gasteiger partial charge in [0.05, 0.1) is 6.61 Å². The largest absolute Gasteiger partial charge is 0.466 e. The lowest BCUT2D eigenvalue weighted by atomic mass is 9.71. The second-order valence-corrected chi connectivity index (χ2v) is 7.99. The summed E-state index contributed by atoms with van der Waals surface area (Å²) in [5.41, 5.74) is -0.494. The second kappa shape index (κ2) is 9.90. The number of nitrogens with one attached hydrogen (secondary N) is 1. The highest BCUT2D eigenvalue weighted by atomic mass is 16.6. The summed E-state index contributed by atoms with van der Waals surface area (Å²) < 4.78 is 10.6. The number of hydrogen-bond donors (Lipinski definition) is 1. The summed E-state index contributed by atoms with van der Waals surface area (Å²) in [6.07, 6.45) is 8.40. The Morgan fingerprint density at radius 2 is 1.79 bits per heavy atom. The molecular formula is C19H35NO4. The number of esters is 1. The van der Waals surface area contributed by atoms with Crippen LogP contribution in [-0.2, 0) is 14.3 Å². The van der Waals surface area contributed by atoms with Crippen LogP contribution >= 0.6 is 0 Å². The summed E-state index contributed by atoms with van der Waals surface area (Å²) in [4.78, 5) is 23.8. The first-order valence-corrected chi connectivity index (χ1v) is 9.39. The molecule has 5 heteroatoms. The van der Waals surface area contributed by atoms with E-state index >= 15 is 0 Å². The standard InChI is InChI=1S/C19H35NO4/c1-5-6-14-23-16(21)10-13-19(11-8-7-9-12-19)15-20-17(22)24-18(2,3)4/h5-15H2,1-4H3,(H,20,22). The van der Waals surface area contributed by atoms with Crippen molar-refractivity contribution in [1.29, 1.82) is 0 Å². The van der Waals surface area contributed by atoms with Crippen LogP contribution in [-0.4, -0.2) is 30.8 Å². The molecule has 1 N–H and O–H groups in total. The maximum absolute atomic E-state index is 11.9. The Morgan fingerprint density at radius 3 is 2.38 bits per heavy atom. The number of alkyl carbamates (subject to hydrolysis) is 1. The molecule has 0 radical (unpaired) electrons. The Balaban J connectivity index is 2.47. The Hall–Kier alpha value is -1.26. The van der Waals surface area contributed by atoms with Gasteiger partial charge in [0.15, 0.2) is 0 Å². The molecule has 0 heterocycles. The molecule has 0 bridgehead atoms. The average Bonchev–Trinajstić information content (AvgIpc) is 2.51. The van der Waals surface area contributed by atoms with Gasteiger partial charge in [-0.1, -0.05) is 32.6 Å². The zero-order valence-electron chi connectivity index (χ0n) is 15.9. The van der Waals surface area contributed by atoms with E-state index in [9.17, 15) is 9.59 Å². The van der Waals surface area contributed by atoms with E-state index in [1.165, 1.54) is 6.42 Å². The average molecular weight is 341 g/mol. The molecule has 1 saturated carbocycles. The molecule has 1 aliphatic carbocycles. The first-order valence-electron chi connectivity index (χ1n) is 9.39. The van der Waals surface area contributed by atoms with Crippen LogP contribution in [0, 0.1) is 5.41 Å². The van der Waals surface area contributed by atoms with Crippen molar-refractivity contribution in [3.8, 4) is 0 Å². The number of amides is 1. The molecule has 1 aliphatic rings. The molecule has 24 heavy (non-hydrogen) atoms. The molecule has 0 aromatic rings. The van der Waals surface area contributed by atoms with Gasteiger partial charge in [-0.2, -0.15) is 0 Å². The number of hydrogen-bond acceptors (Lipinski definition) is 4. The Labute approximate surface area is 146 Å². The molecule has 1 amide bonds. The van der Waals surface area contributed by atoms with Gasteiger partial charge in [-0.05, 0) is 51.9 Å². The van der Waals surface area contributed by atoms with E-state index in [1.54, 1.807) is 0 Å². The predicted molar refractivity (Wildman–Crippen MR) is 94.9 cm³/mol. The van der Waals surface area contributed by atoms with E-state index in [2.05, 4.69) is 12.2 Å². The molecule has 0 unspecified atom stereocenters. The van der Waals surface area contributed by atoms with E-state index in [4.69, 9.17) is 9.47 Å². The molecule has 0 spiro atoms. The number of rotatable bonds is 8. The van der Waals surface area contributed by atoms with Crippen molar-refractivity contribution < 1.29 is 19.1 Å². The molecule has 5 nitrogen and oxygen atoms in total. The molecular weight excluding hydrogens is 306 g/mol. The molecule has 0 atom stereocenters. The molecule has 0 aromatic heterocycles. The number of ether oxygens (including phenoxy) is 2. The highest BCUT2D eigenvalue weighted by molar-refractivity contribution is 5.69. The Kier molecular flexibility index (Phi) is 8.57. The van der Waals surface area contributed by atoms with E-state index in [0.29, 0.717) is 19.6 Å². The topological polar surface area (TPSA) is 64.6 Å². The minimum atomic E-state index is -0.493. The van der Waals surface area contributed by atoms with Crippen molar-refractivity contribution in [3.05, 3.63) is 0 Å². The van der Waals surface area contributed by atoms with Crippen molar-refractivity contribution in [3.63, 3.8) is 0 Å². The highest BCUT2D eigenvalue weighted by Gasteiger charge is 2.33. The second-order valence-electron chi connectivity index (χ2n) is 7.99. The number of carbonyl (C=O) groups is 2. The third-order valence-electron chi connectivity index (χ3n) is 4.54. The molecule has 0 saturated heterocycles. The summed E-state index contributed by atoms with van der Waals surface area (Å²) in [6.45, 7) is 8.73. The van der Waals surface area contributed by atoms with E-state index in [-0.39, 0.29) is 17.5 Å². The van der Waals surface area contributed by atoms with Crippen LogP contribution in [0.4, 0.5) is 4.79 Å². The lowest BCUT2D eigenvalue weighted by molar-refractivity contribution is -0.144. The third kappa shape index (κ3) is 8.55. The van der Waals surface area contributed by atoms with Crippen LogP contribution in [0.15, 0.2) is 0 Å². The van der Waals surface area contributed by atoms with Crippen molar-refractivity contribution in [2.45, 2.75) is 91.1 Å². The third-order valence-corrected chi connectivity index (χ3v) is 4.54. The SMILES string of the molecule is CCCCOC(=O)CCC1(CNC(=O)OC(C)(C)C)CCCCC1. The predicted octanol–water partition coefficient (Wildman–Crippen LogP) is 4.59.